The number of unbranched alkanes of at least 4 members (excludes halogenated alkanes) is 1. The summed E-state index contributed by atoms with van der Waals surface area (Å²) in [7, 11) is 0. The largest absolute Gasteiger partial charge is 0.389 e. The first kappa shape index (κ1) is 15.4. The lowest BCUT2D eigenvalue weighted by Crippen LogP contribution is -2.30. The maximum Gasteiger partial charge on any atom is 0.260 e. The molecule has 0 atom stereocenters. The zero-order chi connectivity index (χ0) is 15.2. The molecule has 1 aromatic carbocycles. The highest BCUT2D eigenvalue weighted by Gasteiger charge is 2.08. The molecule has 0 saturated heterocycles. The van der Waals surface area contributed by atoms with Gasteiger partial charge in [0.15, 0.2) is 0 Å². The number of thiocarbonyl (C=S) groups is 1. The van der Waals surface area contributed by atoms with E-state index in [9.17, 15) is 4.79 Å². The van der Waals surface area contributed by atoms with Gasteiger partial charge in [0.2, 0.25) is 0 Å². The average Bonchev–Trinajstić information content (AvgIpc) is 2.47. The van der Waals surface area contributed by atoms with Crippen molar-refractivity contribution in [2.24, 2.45) is 5.73 Å². The molecule has 0 aliphatic heterocycles. The minimum Gasteiger partial charge on any atom is -0.389 e. The maximum absolute atomic E-state index is 12.3. The summed E-state index contributed by atoms with van der Waals surface area (Å²) in [5, 5.41) is 0. The monoisotopic (exact) mass is 300 g/mol. The minimum atomic E-state index is -0.0813. The third-order valence-electron chi connectivity index (χ3n) is 3.60. The molecule has 3 nitrogen and oxygen atoms in total. The summed E-state index contributed by atoms with van der Waals surface area (Å²) in [4.78, 5) is 12.5. The van der Waals surface area contributed by atoms with Crippen LogP contribution in [0.4, 0.5) is 0 Å². The molecule has 1 aromatic heterocycles. The number of nitrogens with zero attached hydrogens (tertiary/aromatic N) is 1. The van der Waals surface area contributed by atoms with E-state index >= 15 is 0 Å². The average molecular weight is 300 g/mol. The Morgan fingerprint density at radius 1 is 1.14 bits per heavy atom. The summed E-state index contributed by atoms with van der Waals surface area (Å²) in [5.41, 5.74) is 8.21. The predicted octanol–water partition coefficient (Wildman–Crippen LogP) is 2.81. The molecule has 0 saturated carbocycles. The van der Waals surface area contributed by atoms with Crippen LogP contribution in [0.3, 0.4) is 0 Å². The lowest BCUT2D eigenvalue weighted by Gasteiger charge is -2.11. The molecule has 2 N–H and O–H groups in total. The Morgan fingerprint density at radius 2 is 1.86 bits per heavy atom. The highest BCUT2D eigenvalue weighted by molar-refractivity contribution is 7.80. The fourth-order valence-corrected chi connectivity index (χ4v) is 2.54. The van der Waals surface area contributed by atoms with Gasteiger partial charge < -0.3 is 10.3 Å². The van der Waals surface area contributed by atoms with E-state index in [1.165, 1.54) is 5.56 Å². The standard InChI is InChI=1S/C17H20N2OS/c1-13-10-11-15(16(18)21)17(20)19(13)12-6-5-9-14-7-3-2-4-8-14/h2-4,7-8,10-11H,5-6,9,12H2,1H3,(H2,18,21). The Morgan fingerprint density at radius 3 is 2.52 bits per heavy atom. The van der Waals surface area contributed by atoms with E-state index in [2.05, 4.69) is 24.3 Å². The van der Waals surface area contributed by atoms with Crippen molar-refractivity contribution in [1.29, 1.82) is 0 Å². The summed E-state index contributed by atoms with van der Waals surface area (Å²) in [6, 6.07) is 14.0. The first-order valence-electron chi connectivity index (χ1n) is 7.14. The molecule has 0 spiro atoms. The van der Waals surface area contributed by atoms with Gasteiger partial charge in [-0.05, 0) is 43.9 Å². The van der Waals surface area contributed by atoms with Gasteiger partial charge in [0.05, 0.1) is 5.56 Å². The van der Waals surface area contributed by atoms with Gasteiger partial charge in [0.1, 0.15) is 4.99 Å². The van der Waals surface area contributed by atoms with E-state index in [-0.39, 0.29) is 10.5 Å². The molecule has 0 aliphatic carbocycles. The van der Waals surface area contributed by atoms with Crippen molar-refractivity contribution >= 4 is 17.2 Å². The molecule has 2 rings (SSSR count). The van der Waals surface area contributed by atoms with Crippen LogP contribution in [0.15, 0.2) is 47.3 Å². The molecule has 0 fully saturated rings. The Balaban J connectivity index is 1.99. The fourth-order valence-electron chi connectivity index (χ4n) is 2.38. The molecule has 0 amide bonds. The number of hydrogen-bond donors (Lipinski definition) is 1. The second kappa shape index (κ2) is 7.18. The second-order valence-corrected chi connectivity index (χ2v) is 5.59. The Kier molecular flexibility index (Phi) is 5.28. The van der Waals surface area contributed by atoms with E-state index in [4.69, 9.17) is 18.0 Å². The van der Waals surface area contributed by atoms with Crippen molar-refractivity contribution in [3.8, 4) is 0 Å². The van der Waals surface area contributed by atoms with E-state index in [1.807, 2.05) is 19.1 Å². The fraction of sp³-hybridized carbons (Fsp3) is 0.294. The molecule has 0 unspecified atom stereocenters. The number of aryl methyl sites for hydroxylation is 2. The first-order chi connectivity index (χ1) is 10.1. The van der Waals surface area contributed by atoms with E-state index < -0.39 is 0 Å². The van der Waals surface area contributed by atoms with Gasteiger partial charge in [-0.15, -0.1) is 0 Å². The van der Waals surface area contributed by atoms with Crippen molar-refractivity contribution in [3.05, 3.63) is 69.6 Å². The van der Waals surface area contributed by atoms with Crippen LogP contribution >= 0.6 is 12.2 Å². The van der Waals surface area contributed by atoms with Crippen LogP contribution in [0.1, 0.15) is 29.7 Å². The molecular weight excluding hydrogens is 280 g/mol. The van der Waals surface area contributed by atoms with Crippen LogP contribution in [0.2, 0.25) is 0 Å². The third kappa shape index (κ3) is 4.02. The zero-order valence-corrected chi connectivity index (χ0v) is 13.0. The van der Waals surface area contributed by atoms with Crippen molar-refractivity contribution in [1.82, 2.24) is 4.57 Å². The van der Waals surface area contributed by atoms with Gasteiger partial charge in [-0.2, -0.15) is 0 Å². The summed E-state index contributed by atoms with van der Waals surface area (Å²) in [6.07, 6.45) is 3.03. The summed E-state index contributed by atoms with van der Waals surface area (Å²) < 4.78 is 1.76. The Hall–Kier alpha value is -1.94. The molecule has 0 aliphatic rings. The number of pyridine rings is 1. The van der Waals surface area contributed by atoms with Crippen LogP contribution < -0.4 is 11.3 Å². The van der Waals surface area contributed by atoms with Crippen molar-refractivity contribution < 1.29 is 0 Å². The normalized spacial score (nSPS) is 10.5. The highest BCUT2D eigenvalue weighted by Crippen LogP contribution is 2.06. The van der Waals surface area contributed by atoms with Crippen LogP contribution in [0, 0.1) is 6.92 Å². The van der Waals surface area contributed by atoms with E-state index in [0.29, 0.717) is 12.1 Å². The summed E-state index contributed by atoms with van der Waals surface area (Å²) in [6.45, 7) is 2.63. The second-order valence-electron chi connectivity index (χ2n) is 5.15. The number of hydrogen-bond acceptors (Lipinski definition) is 2. The van der Waals surface area contributed by atoms with Crippen molar-refractivity contribution in [2.45, 2.75) is 32.7 Å². The van der Waals surface area contributed by atoms with Crippen molar-refractivity contribution in [2.75, 3.05) is 0 Å². The molecule has 4 heteroatoms. The maximum atomic E-state index is 12.3. The summed E-state index contributed by atoms with van der Waals surface area (Å²) >= 11 is 4.92. The Labute approximate surface area is 130 Å². The van der Waals surface area contributed by atoms with Crippen LogP contribution in [-0.2, 0) is 13.0 Å². The molecule has 110 valence electrons. The molecule has 0 bridgehead atoms. The molecular formula is C17H20N2OS. The predicted molar refractivity (Wildman–Crippen MR) is 90.7 cm³/mol. The first-order valence-corrected chi connectivity index (χ1v) is 7.54. The van der Waals surface area contributed by atoms with Crippen LogP contribution in [0.5, 0.6) is 0 Å². The number of rotatable bonds is 6. The van der Waals surface area contributed by atoms with Crippen molar-refractivity contribution in [3.63, 3.8) is 0 Å². The lowest BCUT2D eigenvalue weighted by molar-refractivity contribution is 0.581. The number of aromatic nitrogens is 1. The van der Waals surface area contributed by atoms with Gasteiger partial charge >= 0.3 is 0 Å². The van der Waals surface area contributed by atoms with Gasteiger partial charge in [0.25, 0.3) is 5.56 Å². The van der Waals surface area contributed by atoms with Crippen LogP contribution in [0.25, 0.3) is 0 Å². The molecule has 2 aromatic rings. The quantitative estimate of drug-likeness (QED) is 0.659. The van der Waals surface area contributed by atoms with E-state index in [0.717, 1.165) is 25.0 Å². The number of nitrogens with two attached hydrogens (primary N) is 1. The number of benzene rings is 1. The molecule has 1 heterocycles. The molecule has 0 radical (unpaired) electrons. The smallest absolute Gasteiger partial charge is 0.260 e. The van der Waals surface area contributed by atoms with Crippen LogP contribution in [-0.4, -0.2) is 9.56 Å². The zero-order valence-electron chi connectivity index (χ0n) is 12.2. The molecule has 21 heavy (non-hydrogen) atoms. The lowest BCUT2D eigenvalue weighted by atomic mass is 10.1. The highest BCUT2D eigenvalue weighted by atomic mass is 32.1. The van der Waals surface area contributed by atoms with Gasteiger partial charge in [0, 0.05) is 12.2 Å². The summed E-state index contributed by atoms with van der Waals surface area (Å²) in [5.74, 6) is 0. The Bertz CT molecular complexity index is 677. The van der Waals surface area contributed by atoms with Gasteiger partial charge in [-0.3, -0.25) is 4.79 Å². The van der Waals surface area contributed by atoms with E-state index in [1.54, 1.807) is 10.6 Å². The minimum absolute atomic E-state index is 0.0813. The third-order valence-corrected chi connectivity index (χ3v) is 3.82. The topological polar surface area (TPSA) is 48.0 Å². The van der Waals surface area contributed by atoms with Gasteiger partial charge in [-0.1, -0.05) is 42.5 Å². The van der Waals surface area contributed by atoms with Gasteiger partial charge in [-0.25, -0.2) is 0 Å². The SMILES string of the molecule is Cc1ccc(C(N)=S)c(=O)n1CCCCc1ccccc1.